The smallest absolute Gasteiger partial charge is 0.0587 e. The van der Waals surface area contributed by atoms with Gasteiger partial charge in [0.05, 0.1) is 12.8 Å². The fourth-order valence-electron chi connectivity index (χ4n) is 1.58. The molecule has 0 spiro atoms. The third-order valence-electron chi connectivity index (χ3n) is 2.84. The highest BCUT2D eigenvalue weighted by atomic mass is 16.5. The second-order valence-corrected chi connectivity index (χ2v) is 4.15. The van der Waals surface area contributed by atoms with Gasteiger partial charge in [-0.05, 0) is 26.4 Å². The molecule has 0 aliphatic heterocycles. The molecule has 0 fully saturated rings. The summed E-state index contributed by atoms with van der Waals surface area (Å²) >= 11 is 0. The van der Waals surface area contributed by atoms with Crippen molar-refractivity contribution in [2.75, 3.05) is 33.4 Å². The van der Waals surface area contributed by atoms with E-state index in [1.807, 2.05) is 17.9 Å². The van der Waals surface area contributed by atoms with Gasteiger partial charge >= 0.3 is 0 Å². The molecule has 0 aliphatic rings. The zero-order valence-corrected chi connectivity index (χ0v) is 11.1. The molecule has 0 saturated carbocycles. The highest BCUT2D eigenvalue weighted by Crippen LogP contribution is 2.04. The van der Waals surface area contributed by atoms with Crippen molar-refractivity contribution in [1.29, 1.82) is 0 Å². The molecule has 17 heavy (non-hydrogen) atoms. The van der Waals surface area contributed by atoms with Crippen molar-refractivity contribution in [2.45, 2.75) is 19.9 Å². The number of methoxy groups -OCH3 is 1. The SMILES string of the molecule is COCCNCCCNCc1cnn(C)c1C. The molecule has 0 amide bonds. The van der Waals surface area contributed by atoms with Crippen LogP contribution < -0.4 is 10.6 Å². The normalized spacial score (nSPS) is 11.0. The van der Waals surface area contributed by atoms with Gasteiger partial charge in [0.25, 0.3) is 0 Å². The maximum Gasteiger partial charge on any atom is 0.0587 e. The minimum atomic E-state index is 0.780. The number of rotatable bonds is 9. The zero-order valence-electron chi connectivity index (χ0n) is 11.1. The summed E-state index contributed by atoms with van der Waals surface area (Å²) in [5.74, 6) is 0. The molecule has 98 valence electrons. The van der Waals surface area contributed by atoms with Crippen molar-refractivity contribution in [1.82, 2.24) is 20.4 Å². The molecule has 2 N–H and O–H groups in total. The summed E-state index contributed by atoms with van der Waals surface area (Å²) in [6, 6.07) is 0. The number of ether oxygens (including phenoxy) is 1. The van der Waals surface area contributed by atoms with Crippen molar-refractivity contribution in [3.8, 4) is 0 Å². The van der Waals surface area contributed by atoms with Crippen molar-refractivity contribution in [2.24, 2.45) is 7.05 Å². The van der Waals surface area contributed by atoms with Gasteiger partial charge in [-0.3, -0.25) is 4.68 Å². The summed E-state index contributed by atoms with van der Waals surface area (Å²) in [5, 5.41) is 11.0. The van der Waals surface area contributed by atoms with Gasteiger partial charge < -0.3 is 15.4 Å². The lowest BCUT2D eigenvalue weighted by molar-refractivity contribution is 0.199. The van der Waals surface area contributed by atoms with Gasteiger partial charge in [0.1, 0.15) is 0 Å². The molecule has 0 saturated heterocycles. The first kappa shape index (κ1) is 14.2. The van der Waals surface area contributed by atoms with Crippen LogP contribution in [0.4, 0.5) is 0 Å². The third-order valence-corrected chi connectivity index (χ3v) is 2.84. The monoisotopic (exact) mass is 240 g/mol. The Morgan fingerprint density at radius 2 is 2.06 bits per heavy atom. The molecule has 0 aliphatic carbocycles. The summed E-state index contributed by atoms with van der Waals surface area (Å²) in [6.07, 6.45) is 3.06. The molecule has 0 bridgehead atoms. The standard InChI is InChI=1S/C12H24N4O/c1-11-12(10-15-16(11)2)9-14-6-4-5-13-7-8-17-3/h10,13-14H,4-9H2,1-3H3. The first-order valence-corrected chi connectivity index (χ1v) is 6.13. The van der Waals surface area contributed by atoms with Crippen LogP contribution in [0.1, 0.15) is 17.7 Å². The van der Waals surface area contributed by atoms with Crippen molar-refractivity contribution in [3.63, 3.8) is 0 Å². The minimum absolute atomic E-state index is 0.780. The molecular formula is C12H24N4O. The molecule has 5 heteroatoms. The predicted octanol–water partition coefficient (Wildman–Crippen LogP) is 0.444. The highest BCUT2D eigenvalue weighted by molar-refractivity contribution is 5.15. The highest BCUT2D eigenvalue weighted by Gasteiger charge is 2.01. The molecule has 1 rings (SSSR count). The van der Waals surface area contributed by atoms with Gasteiger partial charge in [-0.15, -0.1) is 0 Å². The Balaban J connectivity index is 1.99. The lowest BCUT2D eigenvalue weighted by Crippen LogP contribution is -2.24. The van der Waals surface area contributed by atoms with Crippen LogP contribution in [-0.4, -0.2) is 43.1 Å². The summed E-state index contributed by atoms with van der Waals surface area (Å²) < 4.78 is 6.86. The molecule has 5 nitrogen and oxygen atoms in total. The fourth-order valence-corrected chi connectivity index (χ4v) is 1.58. The van der Waals surface area contributed by atoms with Gasteiger partial charge in [0, 0.05) is 38.5 Å². The Hall–Kier alpha value is -0.910. The zero-order chi connectivity index (χ0) is 12.5. The fraction of sp³-hybridized carbons (Fsp3) is 0.750. The first-order chi connectivity index (χ1) is 8.25. The van der Waals surface area contributed by atoms with Crippen molar-refractivity contribution < 1.29 is 4.74 Å². The molecular weight excluding hydrogens is 216 g/mol. The number of hydrogen-bond donors (Lipinski definition) is 2. The van der Waals surface area contributed by atoms with E-state index in [2.05, 4.69) is 22.7 Å². The van der Waals surface area contributed by atoms with E-state index in [9.17, 15) is 0 Å². The second kappa shape index (κ2) is 8.22. The van der Waals surface area contributed by atoms with E-state index < -0.39 is 0 Å². The van der Waals surface area contributed by atoms with Crippen LogP contribution >= 0.6 is 0 Å². The number of hydrogen-bond acceptors (Lipinski definition) is 4. The van der Waals surface area contributed by atoms with Crippen LogP contribution in [0.3, 0.4) is 0 Å². The van der Waals surface area contributed by atoms with Gasteiger partial charge in [-0.25, -0.2) is 0 Å². The summed E-state index contributed by atoms with van der Waals surface area (Å²) in [5.41, 5.74) is 2.51. The molecule has 1 aromatic heterocycles. The third kappa shape index (κ3) is 5.30. The van der Waals surface area contributed by atoms with Crippen LogP contribution in [0.25, 0.3) is 0 Å². The average molecular weight is 240 g/mol. The van der Waals surface area contributed by atoms with Gasteiger partial charge in [-0.2, -0.15) is 5.10 Å². The van der Waals surface area contributed by atoms with Gasteiger partial charge in [-0.1, -0.05) is 0 Å². The minimum Gasteiger partial charge on any atom is -0.383 e. The number of nitrogens with zero attached hydrogens (tertiary/aromatic N) is 2. The van der Waals surface area contributed by atoms with Crippen LogP contribution in [-0.2, 0) is 18.3 Å². The largest absolute Gasteiger partial charge is 0.383 e. The van der Waals surface area contributed by atoms with Gasteiger partial charge in [0.15, 0.2) is 0 Å². The topological polar surface area (TPSA) is 51.1 Å². The number of aryl methyl sites for hydroxylation is 1. The van der Waals surface area contributed by atoms with E-state index in [-0.39, 0.29) is 0 Å². The Labute approximate surface area is 104 Å². The molecule has 0 atom stereocenters. The summed E-state index contributed by atoms with van der Waals surface area (Å²) in [6.45, 7) is 6.76. The van der Waals surface area contributed by atoms with E-state index in [1.54, 1.807) is 7.11 Å². The van der Waals surface area contributed by atoms with E-state index >= 15 is 0 Å². The Morgan fingerprint density at radius 1 is 1.29 bits per heavy atom. The maximum absolute atomic E-state index is 4.96. The summed E-state index contributed by atoms with van der Waals surface area (Å²) in [4.78, 5) is 0. The first-order valence-electron chi connectivity index (χ1n) is 6.13. The lowest BCUT2D eigenvalue weighted by atomic mass is 10.2. The molecule has 0 aromatic carbocycles. The van der Waals surface area contributed by atoms with E-state index in [4.69, 9.17) is 4.74 Å². The van der Waals surface area contributed by atoms with E-state index in [0.717, 1.165) is 39.2 Å². The summed E-state index contributed by atoms with van der Waals surface area (Å²) in [7, 11) is 3.69. The predicted molar refractivity (Wildman–Crippen MR) is 69.0 cm³/mol. The van der Waals surface area contributed by atoms with Crippen LogP contribution in [0.2, 0.25) is 0 Å². The quantitative estimate of drug-likeness (QED) is 0.615. The molecule has 1 aromatic rings. The Bertz CT molecular complexity index is 311. The number of aromatic nitrogens is 2. The maximum atomic E-state index is 4.96. The Morgan fingerprint density at radius 3 is 2.71 bits per heavy atom. The van der Waals surface area contributed by atoms with Crippen molar-refractivity contribution in [3.05, 3.63) is 17.5 Å². The molecule has 0 radical (unpaired) electrons. The number of nitrogens with one attached hydrogen (secondary N) is 2. The second-order valence-electron chi connectivity index (χ2n) is 4.15. The van der Waals surface area contributed by atoms with Gasteiger partial charge in [0.2, 0.25) is 0 Å². The Kier molecular flexibility index (Phi) is 6.84. The molecule has 1 heterocycles. The van der Waals surface area contributed by atoms with E-state index in [0.29, 0.717) is 0 Å². The van der Waals surface area contributed by atoms with Crippen LogP contribution in [0, 0.1) is 6.92 Å². The van der Waals surface area contributed by atoms with Crippen molar-refractivity contribution >= 4 is 0 Å². The lowest BCUT2D eigenvalue weighted by Gasteiger charge is -2.06. The molecule has 0 unspecified atom stereocenters. The van der Waals surface area contributed by atoms with Crippen LogP contribution in [0.5, 0.6) is 0 Å². The van der Waals surface area contributed by atoms with Crippen LogP contribution in [0.15, 0.2) is 6.20 Å². The van der Waals surface area contributed by atoms with E-state index in [1.165, 1.54) is 11.3 Å². The average Bonchev–Trinajstić information content (AvgIpc) is 2.64.